The predicted molar refractivity (Wildman–Crippen MR) is 133 cm³/mol. The van der Waals surface area contributed by atoms with Crippen LogP contribution in [0.2, 0.25) is 12.6 Å². The number of nitriles is 1. The normalized spacial score (nSPS) is 16.0. The second-order valence-corrected chi connectivity index (χ2v) is 8.24. The highest BCUT2D eigenvalue weighted by molar-refractivity contribution is 6.67. The van der Waals surface area contributed by atoms with E-state index in [2.05, 4.69) is 23.2 Å². The van der Waals surface area contributed by atoms with E-state index in [9.17, 15) is 20.0 Å². The van der Waals surface area contributed by atoms with Crippen LogP contribution < -0.4 is 15.4 Å². The Kier molecular flexibility index (Phi) is 12.5. The number of nitrogens with one attached hydrogen (secondary N) is 2. The number of aldehydes is 1. The summed E-state index contributed by atoms with van der Waals surface area (Å²) in [6.07, 6.45) is 7.33. The molecule has 33 heavy (non-hydrogen) atoms. The third-order valence-corrected chi connectivity index (χ3v) is 6.07. The SMILES string of the molecule is C=CCCC(C=O)NCc1c(C(=O)O)ccc2c1OCC21CCB(C#N)CC1.CC.CNC. The molecule has 2 aliphatic heterocycles. The van der Waals surface area contributed by atoms with Crippen molar-refractivity contribution in [3.8, 4) is 11.7 Å². The maximum Gasteiger partial charge on any atom is 0.336 e. The molecule has 1 fully saturated rings. The van der Waals surface area contributed by atoms with Gasteiger partial charge in [-0.1, -0.05) is 38.6 Å². The van der Waals surface area contributed by atoms with Crippen LogP contribution >= 0.6 is 0 Å². The molecule has 0 amide bonds. The van der Waals surface area contributed by atoms with Crippen LogP contribution in [0.1, 0.15) is 61.0 Å². The Morgan fingerprint density at radius 1 is 1.36 bits per heavy atom. The first-order valence-corrected chi connectivity index (χ1v) is 11.8. The van der Waals surface area contributed by atoms with Crippen molar-refractivity contribution in [2.75, 3.05) is 20.7 Å². The number of carboxylic acids is 1. The average molecular weight is 455 g/mol. The van der Waals surface area contributed by atoms with Gasteiger partial charge in [0.15, 0.2) is 0 Å². The van der Waals surface area contributed by atoms with Gasteiger partial charge in [-0.25, -0.2) is 10.1 Å². The van der Waals surface area contributed by atoms with Crippen LogP contribution in [0.25, 0.3) is 0 Å². The summed E-state index contributed by atoms with van der Waals surface area (Å²) in [4.78, 5) is 23.1. The molecule has 1 spiro atoms. The van der Waals surface area contributed by atoms with Crippen LogP contribution in [0.3, 0.4) is 0 Å². The summed E-state index contributed by atoms with van der Waals surface area (Å²) in [5, 5.41) is 24.7. The zero-order chi connectivity index (χ0) is 24.9. The minimum atomic E-state index is -1.01. The van der Waals surface area contributed by atoms with E-state index in [0.717, 1.165) is 37.3 Å². The minimum absolute atomic E-state index is 0.0901. The molecule has 2 aliphatic rings. The second-order valence-electron chi connectivity index (χ2n) is 8.24. The number of ether oxygens (including phenoxy) is 1. The van der Waals surface area contributed by atoms with Crippen molar-refractivity contribution in [1.82, 2.24) is 10.6 Å². The van der Waals surface area contributed by atoms with Crippen LogP contribution in [-0.4, -0.2) is 50.8 Å². The molecular formula is C25H38BN3O4. The number of carbonyl (C=O) groups excluding carboxylic acids is 1. The van der Waals surface area contributed by atoms with Gasteiger partial charge in [-0.15, -0.1) is 6.58 Å². The molecule has 180 valence electrons. The molecule has 0 saturated carbocycles. The van der Waals surface area contributed by atoms with Crippen molar-refractivity contribution in [2.24, 2.45) is 0 Å². The van der Waals surface area contributed by atoms with Gasteiger partial charge in [-0.2, -0.15) is 0 Å². The molecule has 3 rings (SSSR count). The fourth-order valence-electron chi connectivity index (χ4n) is 4.34. The van der Waals surface area contributed by atoms with Crippen molar-refractivity contribution in [1.29, 1.82) is 5.26 Å². The number of benzene rings is 1. The van der Waals surface area contributed by atoms with Gasteiger partial charge in [-0.3, -0.25) is 0 Å². The van der Waals surface area contributed by atoms with Gasteiger partial charge in [0, 0.05) is 29.1 Å². The van der Waals surface area contributed by atoms with E-state index in [0.29, 0.717) is 30.8 Å². The molecule has 1 aromatic carbocycles. The Hall–Kier alpha value is -2.63. The van der Waals surface area contributed by atoms with Crippen molar-refractivity contribution < 1.29 is 19.4 Å². The Balaban J connectivity index is 0.00000101. The van der Waals surface area contributed by atoms with Crippen molar-refractivity contribution in [3.63, 3.8) is 0 Å². The van der Waals surface area contributed by atoms with Crippen LogP contribution in [0.4, 0.5) is 0 Å². The van der Waals surface area contributed by atoms with Crippen LogP contribution in [0, 0.1) is 11.2 Å². The van der Waals surface area contributed by atoms with Crippen LogP contribution in [0.15, 0.2) is 24.8 Å². The van der Waals surface area contributed by atoms with Gasteiger partial charge >= 0.3 is 5.97 Å². The first-order valence-electron chi connectivity index (χ1n) is 11.8. The summed E-state index contributed by atoms with van der Waals surface area (Å²) < 4.78 is 6.04. The highest BCUT2D eigenvalue weighted by Crippen LogP contribution is 2.50. The molecule has 0 radical (unpaired) electrons. The number of nitrogens with zero attached hydrogens (tertiary/aromatic N) is 1. The number of hydrogen-bond acceptors (Lipinski definition) is 6. The third-order valence-electron chi connectivity index (χ3n) is 6.07. The fraction of sp³-hybridized carbons (Fsp3) is 0.560. The fourth-order valence-corrected chi connectivity index (χ4v) is 4.34. The zero-order valence-corrected chi connectivity index (χ0v) is 20.4. The molecular weight excluding hydrogens is 417 g/mol. The molecule has 0 aromatic heterocycles. The monoisotopic (exact) mass is 455 g/mol. The van der Waals surface area contributed by atoms with E-state index in [1.807, 2.05) is 34.0 Å². The molecule has 1 atom stereocenters. The highest BCUT2D eigenvalue weighted by atomic mass is 16.5. The van der Waals surface area contributed by atoms with Crippen molar-refractivity contribution in [3.05, 3.63) is 41.5 Å². The molecule has 1 unspecified atom stereocenters. The first kappa shape index (κ1) is 28.4. The third kappa shape index (κ3) is 7.18. The predicted octanol–water partition coefficient (Wildman–Crippen LogP) is 3.85. The van der Waals surface area contributed by atoms with E-state index < -0.39 is 5.97 Å². The van der Waals surface area contributed by atoms with Gasteiger partial charge < -0.3 is 25.3 Å². The summed E-state index contributed by atoms with van der Waals surface area (Å²) in [5.41, 5.74) is 1.69. The van der Waals surface area contributed by atoms with Crippen molar-refractivity contribution in [2.45, 2.75) is 70.2 Å². The lowest BCUT2D eigenvalue weighted by molar-refractivity contribution is -0.109. The Labute approximate surface area is 198 Å². The number of hydrogen-bond donors (Lipinski definition) is 3. The van der Waals surface area contributed by atoms with Gasteiger partial charge in [0.2, 0.25) is 0 Å². The summed E-state index contributed by atoms with van der Waals surface area (Å²) in [6, 6.07) is 3.15. The van der Waals surface area contributed by atoms with E-state index >= 15 is 0 Å². The molecule has 1 aromatic rings. The van der Waals surface area contributed by atoms with Crippen LogP contribution in [-0.2, 0) is 16.8 Å². The van der Waals surface area contributed by atoms with Crippen LogP contribution in [0.5, 0.6) is 5.75 Å². The molecule has 2 heterocycles. The Morgan fingerprint density at radius 2 is 2.00 bits per heavy atom. The topological polar surface area (TPSA) is 111 Å². The number of rotatable bonds is 8. The summed E-state index contributed by atoms with van der Waals surface area (Å²) in [6.45, 7) is 8.53. The number of aromatic carboxylic acids is 1. The lowest BCUT2D eigenvalue weighted by Crippen LogP contribution is -2.35. The standard InChI is InChI=1S/C21H25BN2O4.C2H7N.C2H6/c1-2-3-4-15(12-25)24-11-17-16(20(26)27)5-6-18-19(17)28-13-21(18)7-9-22(14-23)10-8-21;1-3-2;1-2/h2,5-6,12,15,24H,1,3-4,7-11,13H2,(H,26,27);3H,1-2H3;1-2H3. The van der Waals surface area contributed by atoms with E-state index in [1.54, 1.807) is 12.1 Å². The summed E-state index contributed by atoms with van der Waals surface area (Å²) in [7, 11) is 3.75. The van der Waals surface area contributed by atoms with Gasteiger partial charge in [0.05, 0.1) is 18.2 Å². The summed E-state index contributed by atoms with van der Waals surface area (Å²) in [5.74, 6) is 1.98. The number of carboxylic acid groups (broad SMARTS) is 1. The second kappa shape index (κ2) is 14.5. The summed E-state index contributed by atoms with van der Waals surface area (Å²) >= 11 is 0. The lowest BCUT2D eigenvalue weighted by atomic mass is 9.39. The number of fused-ring (bicyclic) bond motifs is 2. The van der Waals surface area contributed by atoms with Gasteiger partial charge in [-0.05, 0) is 45.8 Å². The highest BCUT2D eigenvalue weighted by Gasteiger charge is 2.45. The first-order chi connectivity index (χ1) is 16.0. The molecule has 7 nitrogen and oxygen atoms in total. The molecule has 1 saturated heterocycles. The number of carbonyl (C=O) groups is 2. The van der Waals surface area contributed by atoms with E-state index in [1.165, 1.54) is 0 Å². The smallest absolute Gasteiger partial charge is 0.336 e. The lowest BCUT2D eigenvalue weighted by Gasteiger charge is -2.33. The average Bonchev–Trinajstić information content (AvgIpc) is 3.19. The molecule has 3 N–H and O–H groups in total. The Bertz CT molecular complexity index is 830. The maximum absolute atomic E-state index is 11.8. The molecule has 8 heteroatoms. The van der Waals surface area contributed by atoms with E-state index in [-0.39, 0.29) is 30.3 Å². The van der Waals surface area contributed by atoms with Gasteiger partial charge in [0.1, 0.15) is 12.0 Å². The molecule has 0 aliphatic carbocycles. The molecule has 0 bridgehead atoms. The van der Waals surface area contributed by atoms with Crippen molar-refractivity contribution >= 4 is 19.0 Å². The number of allylic oxidation sites excluding steroid dienone is 1. The van der Waals surface area contributed by atoms with E-state index in [4.69, 9.17) is 4.74 Å². The minimum Gasteiger partial charge on any atom is -0.492 e. The zero-order valence-electron chi connectivity index (χ0n) is 20.4. The quantitative estimate of drug-likeness (QED) is 0.310. The van der Waals surface area contributed by atoms with Gasteiger partial charge in [0.25, 0.3) is 6.71 Å². The Morgan fingerprint density at radius 3 is 2.52 bits per heavy atom. The maximum atomic E-state index is 11.8. The largest absolute Gasteiger partial charge is 0.492 e.